The quantitative estimate of drug-likeness (QED) is 0.499. The lowest BCUT2D eigenvalue weighted by Crippen LogP contribution is -1.84. The lowest BCUT2D eigenvalue weighted by molar-refractivity contribution is 1.06. The summed E-state index contributed by atoms with van der Waals surface area (Å²) in [6.07, 6.45) is 0.321. The zero-order valence-corrected chi connectivity index (χ0v) is 4.89. The molecule has 0 aliphatic carbocycles. The van der Waals surface area contributed by atoms with Crippen LogP contribution in [0.5, 0.6) is 0 Å². The minimum absolute atomic E-state index is 0.161. The van der Waals surface area contributed by atoms with E-state index in [4.69, 9.17) is 2.74 Å². The molecule has 0 saturated heterocycles. The molecule has 0 unspecified atom stereocenters. The minimum Gasteiger partial charge on any atom is -0.258 e. The van der Waals surface area contributed by atoms with E-state index < -0.39 is 0 Å². The molecule has 0 fully saturated rings. The van der Waals surface area contributed by atoms with E-state index in [1.807, 2.05) is 0 Å². The number of hydrogen-bond acceptors (Lipinski definition) is 2. The maximum atomic E-state index is 7.20. The second kappa shape index (κ2) is 1.90. The van der Waals surface area contributed by atoms with E-state index in [9.17, 15) is 0 Å². The van der Waals surface area contributed by atoms with Crippen LogP contribution in [0.25, 0.3) is 0 Å². The third-order valence-corrected chi connectivity index (χ3v) is 0.771. The highest BCUT2D eigenvalue weighted by Gasteiger charge is 1.82. The highest BCUT2D eigenvalue weighted by atomic mass is 14.8. The number of aromatic nitrogens is 2. The first-order chi connectivity index (χ1) is 4.61. The molecule has 1 rings (SSSR count). The van der Waals surface area contributed by atoms with Gasteiger partial charge in [-0.15, -0.1) is 0 Å². The van der Waals surface area contributed by atoms with Crippen LogP contribution < -0.4 is 0 Å². The molecule has 0 N–H and O–H groups in total. The van der Waals surface area contributed by atoms with Crippen LogP contribution in [0.3, 0.4) is 0 Å². The van der Waals surface area contributed by atoms with E-state index in [0.29, 0.717) is 11.4 Å². The standard InChI is InChI=1S/C6H8N2/c1-5-3-8-6(2)4-7-5/h3-4H,1-2H3/i3D,4D. The number of nitrogens with zero attached hydrogens (tertiary/aromatic N) is 2. The predicted octanol–water partition coefficient (Wildman–Crippen LogP) is 1.09. The van der Waals surface area contributed by atoms with Gasteiger partial charge < -0.3 is 0 Å². The average Bonchev–Trinajstić information content (AvgIpc) is 1.84. The normalized spacial score (nSPS) is 12.8. The molecule has 0 aromatic carbocycles. The van der Waals surface area contributed by atoms with Gasteiger partial charge in [0, 0.05) is 12.3 Å². The number of hydrogen-bond donors (Lipinski definition) is 0. The lowest BCUT2D eigenvalue weighted by atomic mass is 10.5. The zero-order valence-electron chi connectivity index (χ0n) is 6.89. The van der Waals surface area contributed by atoms with Gasteiger partial charge in [0.2, 0.25) is 0 Å². The summed E-state index contributed by atoms with van der Waals surface area (Å²) < 4.78 is 14.4. The largest absolute Gasteiger partial charge is 0.258 e. The Morgan fingerprint density at radius 3 is 2.00 bits per heavy atom. The van der Waals surface area contributed by atoms with Crippen LogP contribution in [0, 0.1) is 13.8 Å². The third kappa shape index (κ3) is 1.03. The Labute approximate surface area is 51.4 Å². The van der Waals surface area contributed by atoms with E-state index in [1.54, 1.807) is 13.8 Å². The summed E-state index contributed by atoms with van der Waals surface area (Å²) in [7, 11) is 0. The van der Waals surface area contributed by atoms with Gasteiger partial charge in [0.1, 0.15) is 0 Å². The zero-order chi connectivity index (χ0) is 7.72. The van der Waals surface area contributed by atoms with Gasteiger partial charge in [-0.2, -0.15) is 0 Å². The summed E-state index contributed by atoms with van der Waals surface area (Å²) in [4.78, 5) is 7.58. The van der Waals surface area contributed by atoms with Crippen LogP contribution in [-0.4, -0.2) is 9.97 Å². The molecule has 0 atom stereocenters. The van der Waals surface area contributed by atoms with E-state index in [2.05, 4.69) is 9.97 Å². The Morgan fingerprint density at radius 1 is 1.25 bits per heavy atom. The molecule has 0 saturated carbocycles. The number of aryl methyl sites for hydroxylation is 2. The van der Waals surface area contributed by atoms with Crippen molar-refractivity contribution in [3.05, 3.63) is 23.7 Å². The van der Waals surface area contributed by atoms with Gasteiger partial charge >= 0.3 is 0 Å². The first-order valence-corrected chi connectivity index (χ1v) is 2.39. The summed E-state index contributed by atoms with van der Waals surface area (Å²) in [6, 6.07) is 0. The van der Waals surface area contributed by atoms with Crippen molar-refractivity contribution in [3.8, 4) is 0 Å². The van der Waals surface area contributed by atoms with Crippen molar-refractivity contribution in [2.24, 2.45) is 0 Å². The topological polar surface area (TPSA) is 25.8 Å². The monoisotopic (exact) mass is 110 g/mol. The molecule has 0 aliphatic rings. The second-order valence-electron chi connectivity index (χ2n) is 1.62. The van der Waals surface area contributed by atoms with Crippen molar-refractivity contribution in [2.75, 3.05) is 0 Å². The molecule has 2 nitrogen and oxygen atoms in total. The predicted molar refractivity (Wildman–Crippen MR) is 31.5 cm³/mol. The molecule has 8 heavy (non-hydrogen) atoms. The fraction of sp³-hybridized carbons (Fsp3) is 0.333. The second-order valence-corrected chi connectivity index (χ2v) is 1.62. The Hall–Kier alpha value is -0.920. The van der Waals surface area contributed by atoms with Gasteiger partial charge in [0.05, 0.1) is 14.1 Å². The number of rotatable bonds is 0. The van der Waals surface area contributed by atoms with Crippen molar-refractivity contribution < 1.29 is 2.74 Å². The Bertz CT molecular complexity index is 210. The Morgan fingerprint density at radius 2 is 1.62 bits per heavy atom. The van der Waals surface area contributed by atoms with Crippen LogP contribution in [0.4, 0.5) is 0 Å². The van der Waals surface area contributed by atoms with E-state index in [-0.39, 0.29) is 12.3 Å². The molecule has 0 spiro atoms. The molecule has 0 bridgehead atoms. The Balaban J connectivity index is 3.28. The highest BCUT2D eigenvalue weighted by molar-refractivity contribution is 4.97. The molecule has 0 radical (unpaired) electrons. The van der Waals surface area contributed by atoms with Gasteiger partial charge in [0.25, 0.3) is 0 Å². The van der Waals surface area contributed by atoms with Crippen molar-refractivity contribution in [2.45, 2.75) is 13.8 Å². The summed E-state index contributed by atoms with van der Waals surface area (Å²) >= 11 is 0. The maximum Gasteiger partial charge on any atom is 0.0860 e. The Kier molecular flexibility index (Phi) is 0.755. The van der Waals surface area contributed by atoms with Gasteiger partial charge in [-0.3, -0.25) is 9.97 Å². The van der Waals surface area contributed by atoms with Gasteiger partial charge in [-0.1, -0.05) is 0 Å². The maximum absolute atomic E-state index is 7.20. The van der Waals surface area contributed by atoms with E-state index in [1.165, 1.54) is 0 Å². The smallest absolute Gasteiger partial charge is 0.0860 e. The minimum atomic E-state index is 0.161. The summed E-state index contributed by atoms with van der Waals surface area (Å²) in [5, 5.41) is 0. The first kappa shape index (κ1) is 3.17. The van der Waals surface area contributed by atoms with Crippen molar-refractivity contribution in [1.29, 1.82) is 0 Å². The molecule has 0 amide bonds. The molecule has 1 heterocycles. The molecular weight excluding hydrogens is 100 g/mol. The molecule has 42 valence electrons. The van der Waals surface area contributed by atoms with Crippen LogP contribution in [-0.2, 0) is 0 Å². The molecule has 1 aromatic rings. The van der Waals surface area contributed by atoms with Crippen LogP contribution in [0.2, 0.25) is 0 Å². The first-order valence-electron chi connectivity index (χ1n) is 3.39. The summed E-state index contributed by atoms with van der Waals surface area (Å²) in [5.74, 6) is 0. The van der Waals surface area contributed by atoms with Crippen molar-refractivity contribution >= 4 is 0 Å². The fourth-order valence-corrected chi connectivity index (χ4v) is 0.380. The van der Waals surface area contributed by atoms with Crippen LogP contribution in [0.15, 0.2) is 12.3 Å². The SMILES string of the molecule is [2H]c1nc(C)c([2H])nc1C. The van der Waals surface area contributed by atoms with E-state index in [0.717, 1.165) is 0 Å². The van der Waals surface area contributed by atoms with Crippen molar-refractivity contribution in [3.63, 3.8) is 0 Å². The highest BCUT2D eigenvalue weighted by Crippen LogP contribution is 1.88. The summed E-state index contributed by atoms with van der Waals surface area (Å²) in [5.41, 5.74) is 1.02. The third-order valence-electron chi connectivity index (χ3n) is 0.771. The molecular formula is C6H8N2. The van der Waals surface area contributed by atoms with E-state index >= 15 is 0 Å². The van der Waals surface area contributed by atoms with Gasteiger partial charge in [0.15, 0.2) is 0 Å². The van der Waals surface area contributed by atoms with Gasteiger partial charge in [-0.25, -0.2) is 0 Å². The van der Waals surface area contributed by atoms with Crippen LogP contribution >= 0.6 is 0 Å². The molecule has 2 heteroatoms. The van der Waals surface area contributed by atoms with Crippen LogP contribution in [0.1, 0.15) is 14.1 Å². The molecule has 0 aliphatic heterocycles. The van der Waals surface area contributed by atoms with Gasteiger partial charge in [-0.05, 0) is 13.8 Å². The average molecular weight is 110 g/mol. The molecule has 1 aromatic heterocycles. The van der Waals surface area contributed by atoms with Crippen molar-refractivity contribution in [1.82, 2.24) is 9.97 Å². The fourth-order valence-electron chi connectivity index (χ4n) is 0.380. The summed E-state index contributed by atoms with van der Waals surface area (Å²) in [6.45, 7) is 3.35. The lowest BCUT2D eigenvalue weighted by Gasteiger charge is -1.88.